The highest BCUT2D eigenvalue weighted by Gasteiger charge is 2.25. The van der Waals surface area contributed by atoms with Crippen LogP contribution in [0.1, 0.15) is 24.5 Å². The zero-order valence-corrected chi connectivity index (χ0v) is 21.2. The van der Waals surface area contributed by atoms with Crippen LogP contribution in [0.15, 0.2) is 45.5 Å². The number of hydrogen-bond donors (Lipinski definition) is 0. The molecule has 0 atom stereocenters. The molecule has 0 fully saturated rings. The SMILES string of the molecule is CCC(=O)Oc1c(I)cc(/C=C2\N=C(c3ccc(I)c(Br)c3)OC2=O)cc1OC. The van der Waals surface area contributed by atoms with Gasteiger partial charge in [0.05, 0.1) is 10.7 Å². The zero-order chi connectivity index (χ0) is 21.1. The molecule has 0 aliphatic carbocycles. The monoisotopic (exact) mass is 681 g/mol. The number of carbonyl (C=O) groups is 2. The van der Waals surface area contributed by atoms with E-state index >= 15 is 0 Å². The van der Waals surface area contributed by atoms with Gasteiger partial charge >= 0.3 is 11.9 Å². The molecule has 2 aromatic carbocycles. The second-order valence-corrected chi connectivity index (χ2v) is 9.01. The lowest BCUT2D eigenvalue weighted by molar-refractivity contribution is -0.134. The van der Waals surface area contributed by atoms with Gasteiger partial charge in [-0.05, 0) is 103 Å². The van der Waals surface area contributed by atoms with E-state index in [2.05, 4.69) is 66.1 Å². The summed E-state index contributed by atoms with van der Waals surface area (Å²) in [6, 6.07) is 9.04. The number of aliphatic imine (C=N–C) groups is 1. The van der Waals surface area contributed by atoms with Gasteiger partial charge in [-0.25, -0.2) is 9.79 Å². The van der Waals surface area contributed by atoms with Crippen molar-refractivity contribution in [3.63, 3.8) is 0 Å². The summed E-state index contributed by atoms with van der Waals surface area (Å²) in [6.45, 7) is 1.72. The van der Waals surface area contributed by atoms with Crippen molar-refractivity contribution in [3.8, 4) is 11.5 Å². The Morgan fingerprint density at radius 3 is 2.66 bits per heavy atom. The van der Waals surface area contributed by atoms with Crippen LogP contribution in [-0.4, -0.2) is 24.9 Å². The Bertz CT molecular complexity index is 1070. The molecule has 1 heterocycles. The molecule has 0 amide bonds. The first kappa shape index (κ1) is 22.2. The van der Waals surface area contributed by atoms with Crippen molar-refractivity contribution in [1.82, 2.24) is 0 Å². The molecule has 1 aliphatic heterocycles. The Balaban J connectivity index is 1.95. The van der Waals surface area contributed by atoms with Crippen LogP contribution in [0, 0.1) is 7.14 Å². The summed E-state index contributed by atoms with van der Waals surface area (Å²) in [5.41, 5.74) is 1.54. The molecule has 6 nitrogen and oxygen atoms in total. The molecule has 29 heavy (non-hydrogen) atoms. The van der Waals surface area contributed by atoms with Gasteiger partial charge in [0.15, 0.2) is 17.2 Å². The molecule has 2 aromatic rings. The van der Waals surface area contributed by atoms with E-state index in [1.54, 1.807) is 25.1 Å². The smallest absolute Gasteiger partial charge is 0.363 e. The lowest BCUT2D eigenvalue weighted by Crippen LogP contribution is -2.08. The minimum atomic E-state index is -0.537. The summed E-state index contributed by atoms with van der Waals surface area (Å²) < 4.78 is 18.6. The number of cyclic esters (lactones) is 1. The third-order valence-corrected chi connectivity index (χ3v) is 6.99. The molecule has 0 spiro atoms. The number of benzene rings is 2. The van der Waals surface area contributed by atoms with Crippen molar-refractivity contribution in [2.45, 2.75) is 13.3 Å². The summed E-state index contributed by atoms with van der Waals surface area (Å²) in [7, 11) is 1.49. The summed E-state index contributed by atoms with van der Waals surface area (Å²) in [5.74, 6) is 0.0926. The van der Waals surface area contributed by atoms with Crippen LogP contribution in [0.5, 0.6) is 11.5 Å². The Hall–Kier alpha value is -1.47. The highest BCUT2D eigenvalue weighted by Crippen LogP contribution is 2.35. The highest BCUT2D eigenvalue weighted by atomic mass is 127. The number of methoxy groups -OCH3 is 1. The molecule has 0 unspecified atom stereocenters. The van der Waals surface area contributed by atoms with Crippen molar-refractivity contribution in [3.05, 3.63) is 58.8 Å². The Kier molecular flexibility index (Phi) is 7.32. The molecule has 3 rings (SSSR count). The molecule has 9 heteroatoms. The van der Waals surface area contributed by atoms with Crippen molar-refractivity contribution in [2.24, 2.45) is 4.99 Å². The van der Waals surface area contributed by atoms with Gasteiger partial charge in [0, 0.05) is 20.0 Å². The lowest BCUT2D eigenvalue weighted by atomic mass is 10.1. The number of hydrogen-bond acceptors (Lipinski definition) is 6. The van der Waals surface area contributed by atoms with E-state index in [1.165, 1.54) is 7.11 Å². The van der Waals surface area contributed by atoms with E-state index < -0.39 is 5.97 Å². The Morgan fingerprint density at radius 2 is 2.00 bits per heavy atom. The topological polar surface area (TPSA) is 74.2 Å². The summed E-state index contributed by atoms with van der Waals surface area (Å²) in [5, 5.41) is 0. The first-order valence-corrected chi connectivity index (χ1v) is 11.3. The molecule has 0 aromatic heterocycles. The number of esters is 2. The maximum absolute atomic E-state index is 12.3. The van der Waals surface area contributed by atoms with Gasteiger partial charge in [-0.3, -0.25) is 4.79 Å². The summed E-state index contributed by atoms with van der Waals surface area (Å²) in [6.07, 6.45) is 1.86. The van der Waals surface area contributed by atoms with Crippen molar-refractivity contribution in [1.29, 1.82) is 0 Å². The van der Waals surface area contributed by atoms with E-state index in [9.17, 15) is 9.59 Å². The largest absolute Gasteiger partial charge is 0.493 e. The molecule has 0 N–H and O–H groups in total. The van der Waals surface area contributed by atoms with Crippen LogP contribution in [0.2, 0.25) is 0 Å². The maximum atomic E-state index is 12.3. The Labute approximate surface area is 203 Å². The zero-order valence-electron chi connectivity index (χ0n) is 15.3. The minimum absolute atomic E-state index is 0.172. The van der Waals surface area contributed by atoms with Crippen molar-refractivity contribution < 1.29 is 23.8 Å². The van der Waals surface area contributed by atoms with E-state index in [0.29, 0.717) is 26.2 Å². The van der Waals surface area contributed by atoms with Gasteiger partial charge in [0.1, 0.15) is 0 Å². The quantitative estimate of drug-likeness (QED) is 0.185. The van der Waals surface area contributed by atoms with Gasteiger partial charge in [0.25, 0.3) is 0 Å². The lowest BCUT2D eigenvalue weighted by Gasteiger charge is -2.11. The maximum Gasteiger partial charge on any atom is 0.363 e. The molecular formula is C20H14BrI2NO5. The van der Waals surface area contributed by atoms with Crippen LogP contribution in [0.4, 0.5) is 0 Å². The van der Waals surface area contributed by atoms with Gasteiger partial charge in [-0.2, -0.15) is 0 Å². The number of carbonyl (C=O) groups excluding carboxylic acids is 2. The molecule has 0 saturated carbocycles. The predicted octanol–water partition coefficient (Wildman–Crippen LogP) is 5.33. The normalized spacial score (nSPS) is 14.6. The van der Waals surface area contributed by atoms with E-state index in [4.69, 9.17) is 14.2 Å². The van der Waals surface area contributed by atoms with Crippen molar-refractivity contribution >= 4 is 85.0 Å². The van der Waals surface area contributed by atoms with E-state index in [-0.39, 0.29) is 24.0 Å². The molecule has 1 aliphatic rings. The van der Waals surface area contributed by atoms with E-state index in [0.717, 1.165) is 8.04 Å². The van der Waals surface area contributed by atoms with Crippen LogP contribution in [-0.2, 0) is 14.3 Å². The summed E-state index contributed by atoms with van der Waals surface area (Å²) >= 11 is 7.71. The van der Waals surface area contributed by atoms with Crippen LogP contribution in [0.3, 0.4) is 0 Å². The highest BCUT2D eigenvalue weighted by molar-refractivity contribution is 14.1. The van der Waals surface area contributed by atoms with Crippen molar-refractivity contribution in [2.75, 3.05) is 7.11 Å². The van der Waals surface area contributed by atoms with Gasteiger partial charge in [-0.1, -0.05) is 6.92 Å². The second-order valence-electron chi connectivity index (χ2n) is 5.83. The second kappa shape index (κ2) is 9.56. The average Bonchev–Trinajstić information content (AvgIpc) is 3.05. The standard InChI is InChI=1S/C20H14BrI2NO5/c1-3-17(25)28-18-14(23)6-10(8-16(18)27-2)7-15-20(26)29-19(24-15)11-4-5-13(22)12(21)9-11/h4-9H,3H2,1-2H3/b15-7-. The Morgan fingerprint density at radius 1 is 1.24 bits per heavy atom. The molecular weight excluding hydrogens is 668 g/mol. The third-order valence-electron chi connectivity index (χ3n) is 3.85. The number of ether oxygens (including phenoxy) is 3. The fourth-order valence-electron chi connectivity index (χ4n) is 2.43. The fourth-order valence-corrected chi connectivity index (χ4v) is 3.88. The van der Waals surface area contributed by atoms with Crippen LogP contribution in [0.25, 0.3) is 6.08 Å². The van der Waals surface area contributed by atoms with Gasteiger partial charge in [-0.15, -0.1) is 0 Å². The summed E-state index contributed by atoms with van der Waals surface area (Å²) in [4.78, 5) is 28.3. The van der Waals surface area contributed by atoms with Crippen LogP contribution >= 0.6 is 61.1 Å². The predicted molar refractivity (Wildman–Crippen MR) is 129 cm³/mol. The first-order valence-electron chi connectivity index (χ1n) is 8.38. The number of halogens is 3. The van der Waals surface area contributed by atoms with Crippen LogP contribution < -0.4 is 9.47 Å². The first-order chi connectivity index (χ1) is 13.8. The van der Waals surface area contributed by atoms with E-state index in [1.807, 2.05) is 18.2 Å². The average molecular weight is 682 g/mol. The molecule has 0 bridgehead atoms. The van der Waals surface area contributed by atoms with Gasteiger partial charge in [0.2, 0.25) is 5.90 Å². The molecule has 0 radical (unpaired) electrons. The molecule has 0 saturated heterocycles. The fraction of sp³-hybridized carbons (Fsp3) is 0.150. The number of nitrogens with zero attached hydrogens (tertiary/aromatic N) is 1. The van der Waals surface area contributed by atoms with Gasteiger partial charge < -0.3 is 14.2 Å². The number of rotatable bonds is 5. The third kappa shape index (κ3) is 5.18. The minimum Gasteiger partial charge on any atom is -0.493 e. The molecule has 150 valence electrons.